The molecule has 1 aliphatic carbocycles. The fourth-order valence-electron chi connectivity index (χ4n) is 1.89. The molecule has 0 aromatic carbocycles. The molecule has 6 heteroatoms. The van der Waals surface area contributed by atoms with E-state index in [1.54, 1.807) is 25.5 Å². The van der Waals surface area contributed by atoms with Gasteiger partial charge in [-0.25, -0.2) is 9.59 Å². The number of carbonyl (C=O) groups is 2. The summed E-state index contributed by atoms with van der Waals surface area (Å²) in [6, 6.07) is 2.52. The van der Waals surface area contributed by atoms with Gasteiger partial charge in [0.15, 0.2) is 0 Å². The van der Waals surface area contributed by atoms with E-state index in [-0.39, 0.29) is 11.9 Å². The van der Waals surface area contributed by atoms with Crippen molar-refractivity contribution < 1.29 is 14.7 Å². The monoisotopic (exact) mass is 263 g/mol. The standard InChI is InChI=1S/C13H17N3O3/c1-16(8-9-3-2-6-14-7-9)13(19)15-11(12(17)18)10-4-5-10/h2-3,6-7,10-11H,4-5,8H2,1H3,(H,15,19)(H,17,18). The summed E-state index contributed by atoms with van der Waals surface area (Å²) in [5, 5.41) is 11.6. The summed E-state index contributed by atoms with van der Waals surface area (Å²) < 4.78 is 0. The quantitative estimate of drug-likeness (QED) is 0.833. The summed E-state index contributed by atoms with van der Waals surface area (Å²) in [7, 11) is 1.63. The molecule has 0 radical (unpaired) electrons. The van der Waals surface area contributed by atoms with Gasteiger partial charge in [-0.05, 0) is 30.4 Å². The first-order valence-electron chi connectivity index (χ1n) is 6.21. The molecule has 2 rings (SSSR count). The molecule has 1 unspecified atom stereocenters. The molecule has 1 saturated carbocycles. The summed E-state index contributed by atoms with van der Waals surface area (Å²) in [5.74, 6) is -0.890. The lowest BCUT2D eigenvalue weighted by atomic mass is 10.2. The van der Waals surface area contributed by atoms with Crippen LogP contribution in [0.3, 0.4) is 0 Å². The maximum absolute atomic E-state index is 11.9. The first-order chi connectivity index (χ1) is 9.08. The molecular formula is C13H17N3O3. The van der Waals surface area contributed by atoms with Crippen LogP contribution in [0, 0.1) is 5.92 Å². The number of amides is 2. The van der Waals surface area contributed by atoms with Crippen molar-refractivity contribution in [1.82, 2.24) is 15.2 Å². The van der Waals surface area contributed by atoms with Crippen molar-refractivity contribution in [3.63, 3.8) is 0 Å². The van der Waals surface area contributed by atoms with Crippen molar-refractivity contribution >= 4 is 12.0 Å². The molecular weight excluding hydrogens is 246 g/mol. The Morgan fingerprint density at radius 3 is 2.84 bits per heavy atom. The predicted molar refractivity (Wildman–Crippen MR) is 68.4 cm³/mol. The maximum atomic E-state index is 11.9. The molecule has 2 N–H and O–H groups in total. The van der Waals surface area contributed by atoms with E-state index in [1.165, 1.54) is 4.90 Å². The van der Waals surface area contributed by atoms with Crippen molar-refractivity contribution in [2.24, 2.45) is 5.92 Å². The molecule has 1 aromatic rings. The molecule has 0 bridgehead atoms. The number of urea groups is 1. The first-order valence-corrected chi connectivity index (χ1v) is 6.21. The Hall–Kier alpha value is -2.11. The van der Waals surface area contributed by atoms with E-state index in [2.05, 4.69) is 10.3 Å². The number of nitrogens with one attached hydrogen (secondary N) is 1. The van der Waals surface area contributed by atoms with E-state index in [0.29, 0.717) is 6.54 Å². The summed E-state index contributed by atoms with van der Waals surface area (Å²) in [5.41, 5.74) is 0.901. The summed E-state index contributed by atoms with van der Waals surface area (Å²) in [4.78, 5) is 28.4. The van der Waals surface area contributed by atoms with Crippen LogP contribution < -0.4 is 5.32 Å². The second-order valence-electron chi connectivity index (χ2n) is 4.82. The molecule has 0 aliphatic heterocycles. The highest BCUT2D eigenvalue weighted by Gasteiger charge is 2.37. The number of carbonyl (C=O) groups excluding carboxylic acids is 1. The van der Waals surface area contributed by atoms with Gasteiger partial charge in [-0.1, -0.05) is 6.07 Å². The number of aliphatic carboxylic acids is 1. The van der Waals surface area contributed by atoms with Crippen LogP contribution >= 0.6 is 0 Å². The van der Waals surface area contributed by atoms with E-state index < -0.39 is 12.0 Å². The third-order valence-corrected chi connectivity index (χ3v) is 3.13. The smallest absolute Gasteiger partial charge is 0.326 e. The molecule has 1 aliphatic rings. The van der Waals surface area contributed by atoms with Gasteiger partial charge in [0.2, 0.25) is 0 Å². The van der Waals surface area contributed by atoms with Crippen LogP contribution in [0.15, 0.2) is 24.5 Å². The molecule has 1 aromatic heterocycles. The van der Waals surface area contributed by atoms with Crippen molar-refractivity contribution in [3.8, 4) is 0 Å². The van der Waals surface area contributed by atoms with Crippen LogP contribution in [0.2, 0.25) is 0 Å². The third-order valence-electron chi connectivity index (χ3n) is 3.13. The summed E-state index contributed by atoms with van der Waals surface area (Å²) in [6.07, 6.45) is 5.07. The van der Waals surface area contributed by atoms with Crippen molar-refractivity contribution in [2.75, 3.05) is 7.05 Å². The highest BCUT2D eigenvalue weighted by atomic mass is 16.4. The van der Waals surface area contributed by atoms with E-state index in [1.807, 2.05) is 6.07 Å². The first kappa shape index (κ1) is 13.3. The average molecular weight is 263 g/mol. The Labute approximate surface area is 111 Å². The summed E-state index contributed by atoms with van der Waals surface area (Å²) in [6.45, 7) is 0.399. The second kappa shape index (κ2) is 5.69. The SMILES string of the molecule is CN(Cc1cccnc1)C(=O)NC(C(=O)O)C1CC1. The lowest BCUT2D eigenvalue weighted by Gasteiger charge is -2.21. The highest BCUT2D eigenvalue weighted by molar-refractivity contribution is 5.83. The van der Waals surface area contributed by atoms with Gasteiger partial charge < -0.3 is 15.3 Å². The maximum Gasteiger partial charge on any atom is 0.326 e. The van der Waals surface area contributed by atoms with Crippen LogP contribution in [0.4, 0.5) is 4.79 Å². The average Bonchev–Trinajstić information content (AvgIpc) is 3.20. The number of hydrogen-bond donors (Lipinski definition) is 2. The van der Waals surface area contributed by atoms with Crippen LogP contribution in [0.5, 0.6) is 0 Å². The molecule has 2 amide bonds. The number of rotatable bonds is 5. The minimum absolute atomic E-state index is 0.0771. The molecule has 1 heterocycles. The number of carboxylic acids is 1. The van der Waals surface area contributed by atoms with Gasteiger partial charge >= 0.3 is 12.0 Å². The van der Waals surface area contributed by atoms with Gasteiger partial charge in [-0.15, -0.1) is 0 Å². The third kappa shape index (κ3) is 3.67. The molecule has 6 nitrogen and oxygen atoms in total. The fourth-order valence-corrected chi connectivity index (χ4v) is 1.89. The lowest BCUT2D eigenvalue weighted by molar-refractivity contribution is -0.139. The molecule has 1 fully saturated rings. The Balaban J connectivity index is 1.90. The van der Waals surface area contributed by atoms with Gasteiger partial charge in [-0.3, -0.25) is 4.98 Å². The minimum Gasteiger partial charge on any atom is -0.480 e. The molecule has 0 saturated heterocycles. The van der Waals surface area contributed by atoms with Crippen LogP contribution in [-0.2, 0) is 11.3 Å². The summed E-state index contributed by atoms with van der Waals surface area (Å²) >= 11 is 0. The second-order valence-corrected chi connectivity index (χ2v) is 4.82. The lowest BCUT2D eigenvalue weighted by Crippen LogP contribution is -2.47. The molecule has 1 atom stereocenters. The number of pyridine rings is 1. The Morgan fingerprint density at radius 1 is 1.58 bits per heavy atom. The van der Waals surface area contributed by atoms with Gasteiger partial charge in [0.25, 0.3) is 0 Å². The Kier molecular flexibility index (Phi) is 3.99. The van der Waals surface area contributed by atoms with E-state index >= 15 is 0 Å². The van der Waals surface area contributed by atoms with E-state index in [0.717, 1.165) is 18.4 Å². The van der Waals surface area contributed by atoms with Gasteiger partial charge in [0, 0.05) is 26.0 Å². The van der Waals surface area contributed by atoms with Crippen molar-refractivity contribution in [3.05, 3.63) is 30.1 Å². The Bertz CT molecular complexity index is 459. The molecule has 102 valence electrons. The Morgan fingerprint density at radius 2 is 2.32 bits per heavy atom. The number of aromatic nitrogens is 1. The van der Waals surface area contributed by atoms with Gasteiger partial charge in [0.1, 0.15) is 6.04 Å². The van der Waals surface area contributed by atoms with Crippen LogP contribution in [0.25, 0.3) is 0 Å². The van der Waals surface area contributed by atoms with Crippen molar-refractivity contribution in [1.29, 1.82) is 0 Å². The van der Waals surface area contributed by atoms with E-state index in [9.17, 15) is 9.59 Å². The zero-order valence-corrected chi connectivity index (χ0v) is 10.7. The number of nitrogens with zero attached hydrogens (tertiary/aromatic N) is 2. The van der Waals surface area contributed by atoms with E-state index in [4.69, 9.17) is 5.11 Å². The van der Waals surface area contributed by atoms with Crippen molar-refractivity contribution in [2.45, 2.75) is 25.4 Å². The highest BCUT2D eigenvalue weighted by Crippen LogP contribution is 2.32. The number of carboxylic acid groups (broad SMARTS) is 1. The van der Waals surface area contributed by atoms with Gasteiger partial charge in [-0.2, -0.15) is 0 Å². The largest absolute Gasteiger partial charge is 0.480 e. The predicted octanol–water partition coefficient (Wildman–Crippen LogP) is 1.09. The zero-order valence-electron chi connectivity index (χ0n) is 10.7. The minimum atomic E-state index is -0.967. The normalized spacial score (nSPS) is 15.6. The fraction of sp³-hybridized carbons (Fsp3) is 0.462. The van der Waals surface area contributed by atoms with Gasteiger partial charge in [0.05, 0.1) is 0 Å². The number of hydrogen-bond acceptors (Lipinski definition) is 3. The topological polar surface area (TPSA) is 82.5 Å². The zero-order chi connectivity index (χ0) is 13.8. The van der Waals surface area contributed by atoms with Crippen LogP contribution in [-0.4, -0.2) is 40.1 Å². The van der Waals surface area contributed by atoms with Crippen LogP contribution in [0.1, 0.15) is 18.4 Å². The molecule has 19 heavy (non-hydrogen) atoms. The molecule has 0 spiro atoms.